The summed E-state index contributed by atoms with van der Waals surface area (Å²) < 4.78 is 0. The summed E-state index contributed by atoms with van der Waals surface area (Å²) >= 11 is 0. The van der Waals surface area contributed by atoms with Gasteiger partial charge in [-0.2, -0.15) is 5.10 Å². The third-order valence-electron chi connectivity index (χ3n) is 5.18. The molecule has 6 nitrogen and oxygen atoms in total. The van der Waals surface area contributed by atoms with E-state index in [0.29, 0.717) is 0 Å². The zero-order valence-corrected chi connectivity index (χ0v) is 17.5. The lowest BCUT2D eigenvalue weighted by molar-refractivity contribution is 0.753. The Kier molecular flexibility index (Phi) is 6.65. The van der Waals surface area contributed by atoms with Crippen LogP contribution in [-0.4, -0.2) is 34.3 Å². The lowest BCUT2D eigenvalue weighted by Gasteiger charge is -2.18. The van der Waals surface area contributed by atoms with Crippen LogP contribution in [0.1, 0.15) is 41.9 Å². The van der Waals surface area contributed by atoms with Gasteiger partial charge in [-0.05, 0) is 50.3 Å². The van der Waals surface area contributed by atoms with Gasteiger partial charge in [-0.25, -0.2) is 9.97 Å². The van der Waals surface area contributed by atoms with Crippen molar-refractivity contribution in [2.24, 2.45) is 5.10 Å². The molecule has 0 amide bonds. The molecule has 4 rings (SSSR count). The first kappa shape index (κ1) is 20.0. The minimum Gasteiger partial charge on any atom is -0.356 e. The maximum Gasteiger partial charge on any atom is 0.152 e. The lowest BCUT2D eigenvalue weighted by Crippen LogP contribution is -2.20. The summed E-state index contributed by atoms with van der Waals surface area (Å²) in [6, 6.07) is 16.3. The molecule has 1 N–H and O–H groups in total. The van der Waals surface area contributed by atoms with E-state index in [1.807, 2.05) is 42.7 Å². The number of hydrogen-bond donors (Lipinski definition) is 1. The van der Waals surface area contributed by atoms with Crippen LogP contribution in [0.4, 0.5) is 11.6 Å². The van der Waals surface area contributed by atoms with Crippen LogP contribution >= 0.6 is 0 Å². The van der Waals surface area contributed by atoms with Crippen molar-refractivity contribution in [2.45, 2.75) is 39.0 Å². The molecule has 0 aliphatic carbocycles. The van der Waals surface area contributed by atoms with Crippen LogP contribution in [0.25, 0.3) is 0 Å². The predicted molar refractivity (Wildman–Crippen MR) is 122 cm³/mol. The van der Waals surface area contributed by atoms with E-state index in [-0.39, 0.29) is 0 Å². The molecule has 0 saturated carbocycles. The van der Waals surface area contributed by atoms with Crippen LogP contribution in [-0.2, 0) is 12.8 Å². The average Bonchev–Trinajstić information content (AvgIpc) is 3.30. The van der Waals surface area contributed by atoms with Gasteiger partial charge in [0, 0.05) is 37.5 Å². The second-order valence-corrected chi connectivity index (χ2v) is 7.68. The van der Waals surface area contributed by atoms with Crippen molar-refractivity contribution in [1.82, 2.24) is 15.0 Å². The van der Waals surface area contributed by atoms with Crippen molar-refractivity contribution < 1.29 is 0 Å². The van der Waals surface area contributed by atoms with Gasteiger partial charge in [0.15, 0.2) is 5.82 Å². The van der Waals surface area contributed by atoms with Gasteiger partial charge in [0.05, 0.1) is 6.21 Å². The van der Waals surface area contributed by atoms with Crippen LogP contribution in [0.15, 0.2) is 59.8 Å². The maximum atomic E-state index is 4.83. The highest BCUT2D eigenvalue weighted by molar-refractivity contribution is 5.80. The topological polar surface area (TPSA) is 66.3 Å². The number of hydrogen-bond acceptors (Lipinski definition) is 6. The quantitative estimate of drug-likeness (QED) is 0.448. The van der Waals surface area contributed by atoms with E-state index in [1.165, 1.54) is 18.4 Å². The molecule has 0 bridgehead atoms. The molecule has 1 saturated heterocycles. The van der Waals surface area contributed by atoms with E-state index in [9.17, 15) is 0 Å². The lowest BCUT2D eigenvalue weighted by atomic mass is 10.1. The smallest absolute Gasteiger partial charge is 0.152 e. The van der Waals surface area contributed by atoms with Crippen molar-refractivity contribution in [3.05, 3.63) is 77.4 Å². The van der Waals surface area contributed by atoms with Gasteiger partial charge >= 0.3 is 0 Å². The number of nitrogens with zero attached hydrogens (tertiary/aromatic N) is 5. The van der Waals surface area contributed by atoms with Crippen LogP contribution < -0.4 is 10.3 Å². The molecule has 0 unspecified atom stereocenters. The monoisotopic (exact) mass is 400 g/mol. The number of anilines is 2. The van der Waals surface area contributed by atoms with Gasteiger partial charge in [0.2, 0.25) is 0 Å². The number of hydrazone groups is 1. The van der Waals surface area contributed by atoms with Crippen molar-refractivity contribution in [3.8, 4) is 0 Å². The Labute approximate surface area is 178 Å². The second-order valence-electron chi connectivity index (χ2n) is 7.68. The van der Waals surface area contributed by atoms with Crippen molar-refractivity contribution >= 4 is 17.9 Å². The Morgan fingerprint density at radius 1 is 1.03 bits per heavy atom. The normalized spacial score (nSPS) is 13.8. The fourth-order valence-electron chi connectivity index (χ4n) is 3.66. The van der Waals surface area contributed by atoms with E-state index in [0.717, 1.165) is 61.1 Å². The summed E-state index contributed by atoms with van der Waals surface area (Å²) in [7, 11) is 0. The molecule has 1 fully saturated rings. The van der Waals surface area contributed by atoms with Gasteiger partial charge in [-0.3, -0.25) is 10.4 Å². The highest BCUT2D eigenvalue weighted by Crippen LogP contribution is 2.21. The van der Waals surface area contributed by atoms with Crippen LogP contribution in [0, 0.1) is 6.92 Å². The van der Waals surface area contributed by atoms with Crippen LogP contribution in [0.5, 0.6) is 0 Å². The van der Waals surface area contributed by atoms with Crippen molar-refractivity contribution in [3.63, 3.8) is 0 Å². The zero-order chi connectivity index (χ0) is 20.6. The number of aryl methyl sites for hydroxylation is 3. The summed E-state index contributed by atoms with van der Waals surface area (Å²) in [5.41, 5.74) is 6.49. The van der Waals surface area contributed by atoms with Gasteiger partial charge in [0.1, 0.15) is 11.6 Å². The van der Waals surface area contributed by atoms with Crippen LogP contribution in [0.2, 0.25) is 0 Å². The standard InChI is InChI=1S/C24H28N6/c1-19-8-6-9-20(16-19)18-26-29-23-17-24(30-14-4-5-15-30)28-22(27-23)12-7-11-21-10-2-3-13-25-21/h2-3,6,8-10,13,16-18H,4-5,7,11-12,14-15H2,1H3,(H,27,28,29)/b26-18+. The van der Waals surface area contributed by atoms with Crippen LogP contribution in [0.3, 0.4) is 0 Å². The molecule has 1 aliphatic heterocycles. The number of nitrogens with one attached hydrogen (secondary N) is 1. The molecular weight excluding hydrogens is 372 g/mol. The summed E-state index contributed by atoms with van der Waals surface area (Å²) in [5.74, 6) is 2.58. The Hall–Kier alpha value is -3.28. The predicted octanol–water partition coefficient (Wildman–Crippen LogP) is 4.40. The van der Waals surface area contributed by atoms with Crippen molar-refractivity contribution in [2.75, 3.05) is 23.4 Å². The fourth-order valence-corrected chi connectivity index (χ4v) is 3.66. The van der Waals surface area contributed by atoms with Gasteiger partial charge < -0.3 is 4.90 Å². The summed E-state index contributed by atoms with van der Waals surface area (Å²) in [6.07, 6.45) is 8.80. The highest BCUT2D eigenvalue weighted by atomic mass is 15.3. The zero-order valence-electron chi connectivity index (χ0n) is 17.5. The van der Waals surface area contributed by atoms with E-state index in [4.69, 9.17) is 9.97 Å². The van der Waals surface area contributed by atoms with E-state index >= 15 is 0 Å². The molecule has 154 valence electrons. The molecule has 1 aromatic carbocycles. The van der Waals surface area contributed by atoms with Crippen molar-refractivity contribution in [1.29, 1.82) is 0 Å². The summed E-state index contributed by atoms with van der Waals surface area (Å²) in [5, 5.41) is 4.40. The molecule has 1 aliphatic rings. The SMILES string of the molecule is Cc1cccc(/C=N/Nc2cc(N3CCCC3)nc(CCCc3ccccn3)n2)c1. The fraction of sp³-hybridized carbons (Fsp3) is 0.333. The maximum absolute atomic E-state index is 4.83. The minimum absolute atomic E-state index is 0.739. The molecule has 3 heterocycles. The number of pyridine rings is 1. The summed E-state index contributed by atoms with van der Waals surface area (Å²) in [6.45, 7) is 4.18. The Morgan fingerprint density at radius 3 is 2.73 bits per heavy atom. The summed E-state index contributed by atoms with van der Waals surface area (Å²) in [4.78, 5) is 16.3. The Bertz CT molecular complexity index is 980. The van der Waals surface area contributed by atoms with Gasteiger partial charge in [-0.15, -0.1) is 0 Å². The first-order valence-corrected chi connectivity index (χ1v) is 10.6. The molecule has 3 aromatic rings. The third kappa shape index (κ3) is 5.63. The first-order chi connectivity index (χ1) is 14.8. The Balaban J connectivity index is 1.45. The molecule has 6 heteroatoms. The molecule has 0 atom stereocenters. The van der Waals surface area contributed by atoms with E-state index < -0.39 is 0 Å². The number of rotatable bonds is 8. The number of benzene rings is 1. The average molecular weight is 401 g/mol. The molecule has 0 spiro atoms. The minimum atomic E-state index is 0.739. The van der Waals surface area contributed by atoms with E-state index in [2.05, 4.69) is 45.5 Å². The first-order valence-electron chi connectivity index (χ1n) is 10.6. The second kappa shape index (κ2) is 9.96. The van der Waals surface area contributed by atoms with E-state index in [1.54, 1.807) is 0 Å². The molecule has 0 radical (unpaired) electrons. The van der Waals surface area contributed by atoms with Gasteiger partial charge in [0.25, 0.3) is 0 Å². The largest absolute Gasteiger partial charge is 0.356 e. The molecular formula is C24H28N6. The third-order valence-corrected chi connectivity index (χ3v) is 5.18. The number of aromatic nitrogens is 3. The highest BCUT2D eigenvalue weighted by Gasteiger charge is 2.16. The Morgan fingerprint density at radius 2 is 1.93 bits per heavy atom. The van der Waals surface area contributed by atoms with Gasteiger partial charge in [-0.1, -0.05) is 35.9 Å². The molecule has 30 heavy (non-hydrogen) atoms. The molecule has 2 aromatic heterocycles.